The van der Waals surface area contributed by atoms with Gasteiger partial charge in [-0.05, 0) is 11.1 Å². The van der Waals surface area contributed by atoms with Gasteiger partial charge in [0.05, 0.1) is 0 Å². The van der Waals surface area contributed by atoms with Crippen LogP contribution in [-0.4, -0.2) is 49.3 Å². The fraction of sp³-hybridized carbons (Fsp3) is 0.818. The summed E-state index contributed by atoms with van der Waals surface area (Å²) >= 11 is 0. The van der Waals surface area contributed by atoms with Crippen LogP contribution in [0.3, 0.4) is 0 Å². The van der Waals surface area contributed by atoms with Crippen molar-refractivity contribution < 1.29 is 5.11 Å². The molecule has 80 valence electrons. The Balaban J connectivity index is 1.87. The average Bonchev–Trinajstić information content (AvgIpc) is 2.63. The zero-order valence-electron chi connectivity index (χ0n) is 9.14. The smallest absolute Gasteiger partial charge is 0.0494 e. The number of hydrogen-bond donors (Lipinski definition) is 2. The minimum absolute atomic E-state index is 0.0349. The maximum atomic E-state index is 9.20. The summed E-state index contributed by atoms with van der Waals surface area (Å²) < 4.78 is 0. The molecule has 2 rings (SSSR count). The highest BCUT2D eigenvalue weighted by atomic mass is 16.3. The van der Waals surface area contributed by atoms with Crippen LogP contribution in [0.2, 0.25) is 0 Å². The van der Waals surface area contributed by atoms with Gasteiger partial charge in [-0.15, -0.1) is 0 Å². The molecule has 0 aromatic rings. The van der Waals surface area contributed by atoms with E-state index in [1.807, 2.05) is 0 Å². The van der Waals surface area contributed by atoms with Crippen LogP contribution in [0.15, 0.2) is 11.1 Å². The molecule has 0 fully saturated rings. The first-order valence-electron chi connectivity index (χ1n) is 5.34. The molecule has 2 aliphatic heterocycles. The van der Waals surface area contributed by atoms with E-state index < -0.39 is 0 Å². The molecule has 2 N–H and O–H groups in total. The molecule has 3 nitrogen and oxygen atoms in total. The molecule has 0 aromatic heterocycles. The number of aliphatic hydroxyl groups excluding tert-OH is 1. The van der Waals surface area contributed by atoms with Crippen molar-refractivity contribution in [2.45, 2.75) is 13.8 Å². The Morgan fingerprint density at radius 3 is 2.36 bits per heavy atom. The Hall–Kier alpha value is -0.380. The molecule has 2 heterocycles. The lowest BCUT2D eigenvalue weighted by molar-refractivity contribution is 0.115. The third kappa shape index (κ3) is 2.00. The number of nitrogens with one attached hydrogen (secondary N) is 1. The van der Waals surface area contributed by atoms with Crippen LogP contribution in [-0.2, 0) is 0 Å². The summed E-state index contributed by atoms with van der Waals surface area (Å²) in [6, 6.07) is 0. The first kappa shape index (κ1) is 10.1. The SMILES string of the molecule is CC(C)(CO)CN1CC2=C(CNC2)C1. The van der Waals surface area contributed by atoms with Crippen molar-refractivity contribution in [1.82, 2.24) is 10.2 Å². The van der Waals surface area contributed by atoms with Gasteiger partial charge in [-0.25, -0.2) is 0 Å². The third-order valence-electron chi connectivity index (χ3n) is 3.09. The quantitative estimate of drug-likeness (QED) is 0.634. The van der Waals surface area contributed by atoms with E-state index in [-0.39, 0.29) is 12.0 Å². The Morgan fingerprint density at radius 1 is 1.29 bits per heavy atom. The maximum Gasteiger partial charge on any atom is 0.0494 e. The highest BCUT2D eigenvalue weighted by molar-refractivity contribution is 5.29. The Kier molecular flexibility index (Phi) is 2.64. The summed E-state index contributed by atoms with van der Waals surface area (Å²) in [5.74, 6) is 0. The van der Waals surface area contributed by atoms with E-state index >= 15 is 0 Å². The molecule has 0 saturated carbocycles. The monoisotopic (exact) mass is 196 g/mol. The number of aliphatic hydroxyl groups is 1. The number of rotatable bonds is 3. The van der Waals surface area contributed by atoms with Crippen molar-refractivity contribution in [2.24, 2.45) is 5.41 Å². The molecule has 14 heavy (non-hydrogen) atoms. The van der Waals surface area contributed by atoms with Gasteiger partial charge in [0.25, 0.3) is 0 Å². The summed E-state index contributed by atoms with van der Waals surface area (Å²) in [5, 5.41) is 12.6. The van der Waals surface area contributed by atoms with E-state index in [9.17, 15) is 5.11 Å². The van der Waals surface area contributed by atoms with Crippen LogP contribution in [0.5, 0.6) is 0 Å². The lowest BCUT2D eigenvalue weighted by Crippen LogP contribution is -2.37. The van der Waals surface area contributed by atoms with Crippen LogP contribution >= 0.6 is 0 Å². The fourth-order valence-electron chi connectivity index (χ4n) is 2.31. The van der Waals surface area contributed by atoms with Gasteiger partial charge in [-0.3, -0.25) is 4.90 Å². The first-order chi connectivity index (χ1) is 6.61. The molecule has 0 radical (unpaired) electrons. The summed E-state index contributed by atoms with van der Waals surface area (Å²) in [5.41, 5.74) is 3.20. The average molecular weight is 196 g/mol. The Labute approximate surface area is 85.8 Å². The van der Waals surface area contributed by atoms with Gasteiger partial charge in [0.2, 0.25) is 0 Å². The van der Waals surface area contributed by atoms with Gasteiger partial charge in [0, 0.05) is 44.7 Å². The summed E-state index contributed by atoms with van der Waals surface area (Å²) in [4.78, 5) is 2.45. The normalized spacial score (nSPS) is 23.4. The fourth-order valence-corrected chi connectivity index (χ4v) is 2.31. The highest BCUT2D eigenvalue weighted by Crippen LogP contribution is 2.24. The lowest BCUT2D eigenvalue weighted by Gasteiger charge is -2.29. The van der Waals surface area contributed by atoms with Crippen LogP contribution in [0.25, 0.3) is 0 Å². The second-order valence-electron chi connectivity index (χ2n) is 5.28. The summed E-state index contributed by atoms with van der Waals surface area (Å²) in [6.45, 7) is 9.86. The minimum atomic E-state index is 0.0349. The van der Waals surface area contributed by atoms with E-state index in [1.54, 1.807) is 11.1 Å². The van der Waals surface area contributed by atoms with Crippen LogP contribution in [0.1, 0.15) is 13.8 Å². The predicted molar refractivity (Wildman–Crippen MR) is 57.2 cm³/mol. The first-order valence-corrected chi connectivity index (χ1v) is 5.34. The number of hydrogen-bond acceptors (Lipinski definition) is 3. The zero-order chi connectivity index (χ0) is 10.2. The second-order valence-corrected chi connectivity index (χ2v) is 5.28. The van der Waals surface area contributed by atoms with Crippen molar-refractivity contribution >= 4 is 0 Å². The lowest BCUT2D eigenvalue weighted by atomic mass is 9.94. The van der Waals surface area contributed by atoms with Gasteiger partial charge in [0.15, 0.2) is 0 Å². The van der Waals surface area contributed by atoms with Gasteiger partial charge in [-0.1, -0.05) is 13.8 Å². The zero-order valence-corrected chi connectivity index (χ0v) is 9.14. The van der Waals surface area contributed by atoms with E-state index in [2.05, 4.69) is 24.1 Å². The third-order valence-corrected chi connectivity index (χ3v) is 3.09. The van der Waals surface area contributed by atoms with Crippen molar-refractivity contribution in [3.8, 4) is 0 Å². The predicted octanol–water partition coefficient (Wildman–Crippen LogP) is 0.220. The highest BCUT2D eigenvalue weighted by Gasteiger charge is 2.29. The number of nitrogens with zero attached hydrogens (tertiary/aromatic N) is 1. The van der Waals surface area contributed by atoms with E-state index in [4.69, 9.17) is 0 Å². The largest absolute Gasteiger partial charge is 0.396 e. The molecule has 0 aromatic carbocycles. The van der Waals surface area contributed by atoms with Gasteiger partial charge < -0.3 is 10.4 Å². The van der Waals surface area contributed by atoms with E-state index in [1.165, 1.54) is 0 Å². The van der Waals surface area contributed by atoms with Crippen LogP contribution in [0.4, 0.5) is 0 Å². The van der Waals surface area contributed by atoms with E-state index in [0.29, 0.717) is 0 Å². The van der Waals surface area contributed by atoms with Gasteiger partial charge >= 0.3 is 0 Å². The molecule has 0 aliphatic carbocycles. The molecule has 0 bridgehead atoms. The topological polar surface area (TPSA) is 35.5 Å². The van der Waals surface area contributed by atoms with Crippen molar-refractivity contribution in [2.75, 3.05) is 39.3 Å². The molecule has 0 amide bonds. The molecule has 0 atom stereocenters. The van der Waals surface area contributed by atoms with Crippen LogP contribution in [0, 0.1) is 5.41 Å². The second kappa shape index (κ2) is 3.65. The molecule has 0 unspecified atom stereocenters. The summed E-state index contributed by atoms with van der Waals surface area (Å²) in [7, 11) is 0. The minimum Gasteiger partial charge on any atom is -0.396 e. The van der Waals surface area contributed by atoms with Crippen molar-refractivity contribution in [1.29, 1.82) is 0 Å². The standard InChI is InChI=1S/C11H20N2O/c1-11(2,8-14)7-13-5-9-3-12-4-10(9)6-13/h12,14H,3-8H2,1-2H3. The molecular weight excluding hydrogens is 176 g/mol. The summed E-state index contributed by atoms with van der Waals surface area (Å²) in [6.07, 6.45) is 0. The maximum absolute atomic E-state index is 9.20. The van der Waals surface area contributed by atoms with Crippen LogP contribution < -0.4 is 5.32 Å². The van der Waals surface area contributed by atoms with Crippen molar-refractivity contribution in [3.63, 3.8) is 0 Å². The van der Waals surface area contributed by atoms with Gasteiger partial charge in [-0.2, -0.15) is 0 Å². The van der Waals surface area contributed by atoms with Gasteiger partial charge in [0.1, 0.15) is 0 Å². The molecule has 0 spiro atoms. The molecular formula is C11H20N2O. The van der Waals surface area contributed by atoms with E-state index in [0.717, 1.165) is 32.7 Å². The molecule has 2 aliphatic rings. The molecule has 3 heteroatoms. The van der Waals surface area contributed by atoms with Crippen molar-refractivity contribution in [3.05, 3.63) is 11.1 Å². The molecule has 0 saturated heterocycles. The Morgan fingerprint density at radius 2 is 1.86 bits per heavy atom. The Bertz CT molecular complexity index is 242.